The number of carbonyl (C=O) groups is 1. The van der Waals surface area contributed by atoms with Gasteiger partial charge in [-0.2, -0.15) is 0 Å². The number of anilines is 1. The Hall–Kier alpha value is -1.70. The lowest BCUT2D eigenvalue weighted by Crippen LogP contribution is -2.32. The van der Waals surface area contributed by atoms with Crippen LogP contribution in [0.5, 0.6) is 0 Å². The average molecular weight is 364 g/mol. The zero-order chi connectivity index (χ0) is 17.3. The predicted octanol–water partition coefficient (Wildman–Crippen LogP) is 2.77. The predicted molar refractivity (Wildman–Crippen MR) is 95.7 cm³/mol. The van der Waals surface area contributed by atoms with Crippen LogP contribution in [0.2, 0.25) is 0 Å². The molecule has 7 heteroatoms. The smallest absolute Gasteiger partial charge is 0.250 e. The molecule has 0 unspecified atom stereocenters. The maximum Gasteiger partial charge on any atom is 0.250 e. The molecule has 1 aromatic heterocycles. The van der Waals surface area contributed by atoms with E-state index in [-0.39, 0.29) is 18.4 Å². The standard InChI is InChI=1S/C17H20N2O3S2/c1-12(2)17(20)19-8-7-14-10-13(5-6-15(14)19)11-18-24(21,22)16-4-3-9-23-16/h3-6,9-10,12,18H,7-8,11H2,1-2H3. The largest absolute Gasteiger partial charge is 0.312 e. The number of sulfonamides is 1. The molecule has 0 fully saturated rings. The Morgan fingerprint density at radius 3 is 2.79 bits per heavy atom. The molecule has 0 radical (unpaired) electrons. The van der Waals surface area contributed by atoms with E-state index in [2.05, 4.69) is 4.72 Å². The monoisotopic (exact) mass is 364 g/mol. The highest BCUT2D eigenvalue weighted by molar-refractivity contribution is 7.91. The summed E-state index contributed by atoms with van der Waals surface area (Å²) in [4.78, 5) is 14.0. The van der Waals surface area contributed by atoms with Gasteiger partial charge in [0.1, 0.15) is 4.21 Å². The molecule has 1 aliphatic heterocycles. The number of hydrogen-bond donors (Lipinski definition) is 1. The van der Waals surface area contributed by atoms with E-state index in [4.69, 9.17) is 0 Å². The van der Waals surface area contributed by atoms with Crippen molar-refractivity contribution in [1.82, 2.24) is 4.72 Å². The van der Waals surface area contributed by atoms with Gasteiger partial charge in [0.25, 0.3) is 0 Å². The van der Waals surface area contributed by atoms with Crippen LogP contribution in [0.3, 0.4) is 0 Å². The molecule has 0 saturated carbocycles. The molecule has 3 rings (SSSR count). The molecule has 1 aromatic carbocycles. The number of nitrogens with one attached hydrogen (secondary N) is 1. The Morgan fingerprint density at radius 2 is 2.12 bits per heavy atom. The third-order valence-corrected chi connectivity index (χ3v) is 6.82. The van der Waals surface area contributed by atoms with Gasteiger partial charge in [-0.1, -0.05) is 32.0 Å². The molecule has 2 heterocycles. The summed E-state index contributed by atoms with van der Waals surface area (Å²) in [6.45, 7) is 4.73. The minimum atomic E-state index is -3.46. The van der Waals surface area contributed by atoms with Crippen molar-refractivity contribution in [1.29, 1.82) is 0 Å². The molecular formula is C17H20N2O3S2. The quantitative estimate of drug-likeness (QED) is 0.887. The Kier molecular flexibility index (Phi) is 4.76. The summed E-state index contributed by atoms with van der Waals surface area (Å²) in [5, 5.41) is 1.74. The van der Waals surface area contributed by atoms with E-state index >= 15 is 0 Å². The number of nitrogens with zero attached hydrogens (tertiary/aromatic N) is 1. The van der Waals surface area contributed by atoms with Gasteiger partial charge in [0.2, 0.25) is 15.9 Å². The molecule has 0 aliphatic carbocycles. The second kappa shape index (κ2) is 6.66. The molecule has 0 bridgehead atoms. The van der Waals surface area contributed by atoms with Crippen molar-refractivity contribution in [2.45, 2.75) is 31.0 Å². The van der Waals surface area contributed by atoms with E-state index < -0.39 is 10.0 Å². The van der Waals surface area contributed by atoms with E-state index in [1.54, 1.807) is 17.5 Å². The van der Waals surface area contributed by atoms with Gasteiger partial charge in [0, 0.05) is 24.7 Å². The van der Waals surface area contributed by atoms with Gasteiger partial charge in [-0.05, 0) is 35.1 Å². The van der Waals surface area contributed by atoms with E-state index in [1.165, 1.54) is 11.3 Å². The number of hydrogen-bond acceptors (Lipinski definition) is 4. The van der Waals surface area contributed by atoms with Crippen LogP contribution in [0, 0.1) is 5.92 Å². The van der Waals surface area contributed by atoms with Crippen molar-refractivity contribution in [3.8, 4) is 0 Å². The maximum atomic E-state index is 12.2. The number of carbonyl (C=O) groups excluding carboxylic acids is 1. The summed E-state index contributed by atoms with van der Waals surface area (Å²) >= 11 is 1.20. The molecule has 1 N–H and O–H groups in total. The van der Waals surface area contributed by atoms with E-state index in [0.29, 0.717) is 10.8 Å². The second-order valence-corrected chi connectivity index (χ2v) is 9.06. The molecule has 2 aromatic rings. The van der Waals surface area contributed by atoms with E-state index in [1.807, 2.05) is 36.9 Å². The number of benzene rings is 1. The first-order valence-electron chi connectivity index (χ1n) is 7.85. The van der Waals surface area contributed by atoms with E-state index in [9.17, 15) is 13.2 Å². The minimum Gasteiger partial charge on any atom is -0.312 e. The summed E-state index contributed by atoms with van der Waals surface area (Å²) in [5.41, 5.74) is 2.93. The number of rotatable bonds is 5. The van der Waals surface area contributed by atoms with Crippen molar-refractivity contribution >= 4 is 33.0 Å². The summed E-state index contributed by atoms with van der Waals surface area (Å²) in [6, 6.07) is 9.08. The van der Waals surface area contributed by atoms with Crippen LogP contribution in [-0.4, -0.2) is 20.9 Å². The molecule has 1 aliphatic rings. The molecule has 0 spiro atoms. The second-order valence-electron chi connectivity index (χ2n) is 6.11. The van der Waals surface area contributed by atoms with Gasteiger partial charge < -0.3 is 4.90 Å². The van der Waals surface area contributed by atoms with Crippen molar-refractivity contribution < 1.29 is 13.2 Å². The molecule has 0 atom stereocenters. The first-order valence-corrected chi connectivity index (χ1v) is 10.2. The number of amides is 1. The van der Waals surface area contributed by atoms with Gasteiger partial charge in [-0.15, -0.1) is 11.3 Å². The third-order valence-electron chi connectivity index (χ3n) is 4.03. The third kappa shape index (κ3) is 3.38. The molecule has 5 nitrogen and oxygen atoms in total. The first kappa shape index (κ1) is 17.1. The van der Waals surface area contributed by atoms with Crippen LogP contribution in [0.4, 0.5) is 5.69 Å². The fraction of sp³-hybridized carbons (Fsp3) is 0.353. The van der Waals surface area contributed by atoms with Crippen LogP contribution in [0.1, 0.15) is 25.0 Å². The van der Waals surface area contributed by atoms with Crippen LogP contribution >= 0.6 is 11.3 Å². The zero-order valence-electron chi connectivity index (χ0n) is 13.7. The van der Waals surface area contributed by atoms with Gasteiger partial charge in [-0.25, -0.2) is 13.1 Å². The number of thiophene rings is 1. The van der Waals surface area contributed by atoms with Crippen molar-refractivity contribution in [3.63, 3.8) is 0 Å². The van der Waals surface area contributed by atoms with Crippen LogP contribution in [-0.2, 0) is 27.8 Å². The maximum absolute atomic E-state index is 12.2. The number of fused-ring (bicyclic) bond motifs is 1. The SMILES string of the molecule is CC(C)C(=O)N1CCc2cc(CNS(=O)(=O)c3cccs3)ccc21. The summed E-state index contributed by atoms with van der Waals surface area (Å²) in [5.74, 6) is 0.0909. The Balaban J connectivity index is 1.73. The lowest BCUT2D eigenvalue weighted by atomic mass is 10.1. The lowest BCUT2D eigenvalue weighted by molar-refractivity contribution is -0.121. The molecule has 1 amide bonds. The van der Waals surface area contributed by atoms with Gasteiger partial charge in [-0.3, -0.25) is 4.79 Å². The Labute approximate surface area is 146 Å². The summed E-state index contributed by atoms with van der Waals surface area (Å²) < 4.78 is 27.3. The molecule has 0 saturated heterocycles. The van der Waals surface area contributed by atoms with Gasteiger partial charge in [0.05, 0.1) is 0 Å². The topological polar surface area (TPSA) is 66.5 Å². The van der Waals surface area contributed by atoms with E-state index in [0.717, 1.165) is 23.2 Å². The first-order chi connectivity index (χ1) is 11.4. The highest BCUT2D eigenvalue weighted by Crippen LogP contribution is 2.30. The fourth-order valence-electron chi connectivity index (χ4n) is 2.77. The zero-order valence-corrected chi connectivity index (χ0v) is 15.3. The molecule has 24 heavy (non-hydrogen) atoms. The van der Waals surface area contributed by atoms with Crippen molar-refractivity contribution in [3.05, 3.63) is 46.8 Å². The van der Waals surface area contributed by atoms with Crippen LogP contribution < -0.4 is 9.62 Å². The fourth-order valence-corrected chi connectivity index (χ4v) is 4.83. The summed E-state index contributed by atoms with van der Waals surface area (Å²) in [7, 11) is -3.46. The Morgan fingerprint density at radius 1 is 1.33 bits per heavy atom. The van der Waals surface area contributed by atoms with Gasteiger partial charge >= 0.3 is 0 Å². The van der Waals surface area contributed by atoms with Crippen molar-refractivity contribution in [2.24, 2.45) is 5.92 Å². The normalized spacial score (nSPS) is 14.2. The Bertz CT molecular complexity index is 843. The van der Waals surface area contributed by atoms with Gasteiger partial charge in [0.15, 0.2) is 0 Å². The lowest BCUT2D eigenvalue weighted by Gasteiger charge is -2.19. The summed E-state index contributed by atoms with van der Waals surface area (Å²) in [6.07, 6.45) is 0.805. The minimum absolute atomic E-state index is 0.0340. The molecule has 128 valence electrons. The average Bonchev–Trinajstić information content (AvgIpc) is 3.21. The molecular weight excluding hydrogens is 344 g/mol. The van der Waals surface area contributed by atoms with Crippen LogP contribution in [0.25, 0.3) is 0 Å². The van der Waals surface area contributed by atoms with Crippen molar-refractivity contribution in [2.75, 3.05) is 11.4 Å². The highest BCUT2D eigenvalue weighted by atomic mass is 32.2. The highest BCUT2D eigenvalue weighted by Gasteiger charge is 2.26. The van der Waals surface area contributed by atoms with Crippen LogP contribution in [0.15, 0.2) is 39.9 Å².